The third-order valence-corrected chi connectivity index (χ3v) is 21.3. The fraction of sp³-hybridized carbons (Fsp3) is 0.694. The molecule has 0 heterocycles. The summed E-state index contributed by atoms with van der Waals surface area (Å²) in [5, 5.41) is -0.0126. The van der Waals surface area contributed by atoms with E-state index in [-0.39, 0.29) is 56.0 Å². The summed E-state index contributed by atoms with van der Waals surface area (Å²) in [6.07, 6.45) is 1.02. The lowest BCUT2D eigenvalue weighted by molar-refractivity contribution is -0.176. The molecule has 10 nitrogen and oxygen atoms in total. The van der Waals surface area contributed by atoms with Crippen molar-refractivity contribution in [2.75, 3.05) is 26.4 Å². The Labute approximate surface area is 371 Å². The molecule has 3 atom stereocenters. The number of ether oxygens (including phenoxy) is 5. The highest BCUT2D eigenvalue weighted by Crippen LogP contribution is 2.38. The second-order valence-electron chi connectivity index (χ2n) is 18.5. The summed E-state index contributed by atoms with van der Waals surface area (Å²) in [6, 6.07) is 23.1. The molecule has 0 aliphatic carbocycles. The maximum Gasteiger partial charge on any atom is 0.311 e. The van der Waals surface area contributed by atoms with Crippen LogP contribution >= 0.6 is 0 Å². The van der Waals surface area contributed by atoms with Crippen molar-refractivity contribution in [2.24, 2.45) is 5.41 Å². The first kappa shape index (κ1) is 54.4. The lowest BCUT2D eigenvalue weighted by Gasteiger charge is -2.39. The van der Waals surface area contributed by atoms with Gasteiger partial charge in [-0.2, -0.15) is 0 Å². The highest BCUT2D eigenvalue weighted by molar-refractivity contribution is 6.74. The summed E-state index contributed by atoms with van der Waals surface area (Å²) in [7, 11) is -4.23. The van der Waals surface area contributed by atoms with Crippen LogP contribution in [0.25, 0.3) is 0 Å². The first-order valence-corrected chi connectivity index (χ1v) is 28.4. The normalized spacial score (nSPS) is 14.1. The monoisotopic (exact) mass is 887 g/mol. The maximum atomic E-state index is 14.3. The molecule has 0 aliphatic heterocycles. The maximum absolute atomic E-state index is 14.3. The lowest BCUT2D eigenvalue weighted by Crippen LogP contribution is -2.45. The standard InChI is InChI=1S/C49H82O10Si2/c1-13-54-47(55-14-2)35-46(52)58-43(37-53-36-40-29-22-19-23-30-40)34-45(51)57-42(33-44(50)49(9,10)38-56-60(11,12)48(6,7)8)32-41(59-61(15-3,16-4)17-5)31-25-24-28-39-26-20-18-21-27-39/h18-23,26-27,29-30,41-43,47H,13-17,24-25,28,31-38H2,1-12H3/t41-,42-,43-/m1/s1. The van der Waals surface area contributed by atoms with Crippen LogP contribution in [-0.2, 0) is 59.9 Å². The minimum Gasteiger partial charge on any atom is -0.462 e. The predicted molar refractivity (Wildman–Crippen MR) is 249 cm³/mol. The van der Waals surface area contributed by atoms with Crippen molar-refractivity contribution in [1.29, 1.82) is 0 Å². The summed E-state index contributed by atoms with van der Waals surface area (Å²) in [5.41, 5.74) is 1.43. The summed E-state index contributed by atoms with van der Waals surface area (Å²) in [5.74, 6) is -1.19. The van der Waals surface area contributed by atoms with Gasteiger partial charge >= 0.3 is 11.9 Å². The molecule has 0 unspecified atom stereocenters. The molecule has 0 bridgehead atoms. The Bertz CT molecular complexity index is 1510. The van der Waals surface area contributed by atoms with Crippen LogP contribution < -0.4 is 0 Å². The van der Waals surface area contributed by atoms with Crippen LogP contribution in [0.2, 0.25) is 36.3 Å². The van der Waals surface area contributed by atoms with Gasteiger partial charge < -0.3 is 32.5 Å². The predicted octanol–water partition coefficient (Wildman–Crippen LogP) is 11.4. The van der Waals surface area contributed by atoms with Crippen molar-refractivity contribution >= 4 is 34.4 Å². The summed E-state index contributed by atoms with van der Waals surface area (Å²) >= 11 is 0. The topological polar surface area (TPSA) is 116 Å². The Morgan fingerprint density at radius 2 is 1.20 bits per heavy atom. The minimum absolute atomic E-state index is 0.0126. The number of unbranched alkanes of at least 4 members (excludes halogenated alkanes) is 1. The summed E-state index contributed by atoms with van der Waals surface area (Å²) in [4.78, 5) is 41.6. The number of carbonyl (C=O) groups excluding carboxylic acids is 3. The third kappa shape index (κ3) is 20.6. The lowest BCUT2D eigenvalue weighted by atomic mass is 9.85. The highest BCUT2D eigenvalue weighted by Gasteiger charge is 2.41. The van der Waals surface area contributed by atoms with Gasteiger partial charge in [-0.15, -0.1) is 0 Å². The Morgan fingerprint density at radius 1 is 0.656 bits per heavy atom. The molecule has 0 amide bonds. The van der Waals surface area contributed by atoms with E-state index in [1.165, 1.54) is 5.56 Å². The van der Waals surface area contributed by atoms with E-state index in [2.05, 4.69) is 78.9 Å². The fourth-order valence-electron chi connectivity index (χ4n) is 6.88. The molecular weight excluding hydrogens is 805 g/mol. The van der Waals surface area contributed by atoms with Crippen LogP contribution in [0, 0.1) is 5.41 Å². The molecule has 0 saturated carbocycles. The van der Waals surface area contributed by atoms with Gasteiger partial charge in [0.15, 0.2) is 22.9 Å². The van der Waals surface area contributed by atoms with Gasteiger partial charge in [-0.3, -0.25) is 14.4 Å². The molecule has 0 saturated heterocycles. The number of rotatable bonds is 32. The third-order valence-electron chi connectivity index (χ3n) is 12.2. The quantitative estimate of drug-likeness (QED) is 0.0304. The van der Waals surface area contributed by atoms with E-state index in [1.807, 2.05) is 64.1 Å². The van der Waals surface area contributed by atoms with Gasteiger partial charge in [0, 0.05) is 44.2 Å². The van der Waals surface area contributed by atoms with Crippen LogP contribution in [0.1, 0.15) is 125 Å². The molecule has 0 radical (unpaired) electrons. The van der Waals surface area contributed by atoms with E-state index in [9.17, 15) is 14.4 Å². The minimum atomic E-state index is -2.14. The number of Topliss-reactive ketones (excluding diaryl/α,β-unsaturated/α-hetero) is 1. The Balaban J connectivity index is 2.40. The second-order valence-corrected chi connectivity index (χ2v) is 28.0. The van der Waals surface area contributed by atoms with E-state index in [0.29, 0.717) is 19.6 Å². The van der Waals surface area contributed by atoms with E-state index in [1.54, 1.807) is 0 Å². The number of hydrogen-bond donors (Lipinski definition) is 0. The smallest absolute Gasteiger partial charge is 0.311 e. The molecule has 2 aromatic rings. The van der Waals surface area contributed by atoms with E-state index in [0.717, 1.165) is 49.4 Å². The molecule has 2 aromatic carbocycles. The van der Waals surface area contributed by atoms with Crippen LogP contribution in [-0.4, -0.2) is 85.4 Å². The Hall–Kier alpha value is -2.72. The molecule has 0 spiro atoms. The fourth-order valence-corrected chi connectivity index (χ4v) is 11.0. The molecule has 0 fully saturated rings. The van der Waals surface area contributed by atoms with E-state index in [4.69, 9.17) is 32.5 Å². The molecular formula is C49H82O10Si2. The summed E-state index contributed by atoms with van der Waals surface area (Å²) < 4.78 is 43.1. The highest BCUT2D eigenvalue weighted by atomic mass is 28.4. The molecule has 0 aromatic heterocycles. The zero-order valence-electron chi connectivity index (χ0n) is 40.0. The van der Waals surface area contributed by atoms with Gasteiger partial charge in [-0.1, -0.05) is 122 Å². The molecule has 12 heteroatoms. The van der Waals surface area contributed by atoms with Crippen molar-refractivity contribution in [1.82, 2.24) is 0 Å². The SMILES string of the molecule is CCOC(CC(=O)O[C@@H](COCc1ccccc1)CC(=O)O[C@@H](CC(=O)C(C)(C)CO[Si](C)(C)C(C)(C)C)C[C@@H](CCCCc1ccccc1)O[Si](CC)(CC)CC)OCC. The van der Waals surface area contributed by atoms with Gasteiger partial charge in [-0.05, 0) is 80.5 Å². The molecule has 0 aliphatic rings. The van der Waals surface area contributed by atoms with Gasteiger partial charge in [0.25, 0.3) is 0 Å². The number of aryl methyl sites for hydroxylation is 1. The number of benzene rings is 2. The number of esters is 2. The largest absolute Gasteiger partial charge is 0.462 e. The second kappa shape index (κ2) is 27.5. The number of ketones is 1. The first-order valence-electron chi connectivity index (χ1n) is 22.9. The van der Waals surface area contributed by atoms with Crippen molar-refractivity contribution in [3.8, 4) is 0 Å². The van der Waals surface area contributed by atoms with E-state index >= 15 is 0 Å². The van der Waals surface area contributed by atoms with Crippen LogP contribution in [0.4, 0.5) is 0 Å². The molecule has 2 rings (SSSR count). The van der Waals surface area contributed by atoms with Gasteiger partial charge in [0.05, 0.1) is 26.1 Å². The average molecular weight is 887 g/mol. The van der Waals surface area contributed by atoms with Crippen LogP contribution in [0.5, 0.6) is 0 Å². The molecule has 0 N–H and O–H groups in total. The van der Waals surface area contributed by atoms with E-state index < -0.39 is 52.5 Å². The first-order chi connectivity index (χ1) is 28.8. The Kier molecular flexibility index (Phi) is 24.5. The zero-order chi connectivity index (χ0) is 45.5. The zero-order valence-corrected chi connectivity index (χ0v) is 42.0. The van der Waals surface area contributed by atoms with Gasteiger partial charge in [-0.25, -0.2) is 0 Å². The van der Waals surface area contributed by atoms with Gasteiger partial charge in [0.2, 0.25) is 0 Å². The van der Waals surface area contributed by atoms with Crippen LogP contribution in [0.15, 0.2) is 60.7 Å². The van der Waals surface area contributed by atoms with Crippen molar-refractivity contribution < 1.29 is 46.9 Å². The Morgan fingerprint density at radius 3 is 1.74 bits per heavy atom. The molecule has 346 valence electrons. The van der Waals surface area contributed by atoms with Crippen molar-refractivity contribution in [3.63, 3.8) is 0 Å². The average Bonchev–Trinajstić information content (AvgIpc) is 3.21. The van der Waals surface area contributed by atoms with Crippen LogP contribution in [0.3, 0.4) is 0 Å². The van der Waals surface area contributed by atoms with Crippen molar-refractivity contribution in [2.45, 2.75) is 188 Å². The van der Waals surface area contributed by atoms with Crippen molar-refractivity contribution in [3.05, 3.63) is 71.8 Å². The van der Waals surface area contributed by atoms with Gasteiger partial charge in [0.1, 0.15) is 18.0 Å². The number of carbonyl (C=O) groups is 3. The summed E-state index contributed by atoms with van der Waals surface area (Å²) in [6.45, 7) is 26.3. The number of hydrogen-bond acceptors (Lipinski definition) is 10. The molecule has 61 heavy (non-hydrogen) atoms.